The number of nitrogens with two attached hydrogens (primary N) is 1. The third kappa shape index (κ3) is 3.12. The summed E-state index contributed by atoms with van der Waals surface area (Å²) in [4.78, 5) is 30.6. The van der Waals surface area contributed by atoms with Gasteiger partial charge in [-0.3, -0.25) is 4.57 Å². The second kappa shape index (κ2) is 5.80. The van der Waals surface area contributed by atoms with Gasteiger partial charge in [-0.15, -0.1) is 0 Å². The van der Waals surface area contributed by atoms with Gasteiger partial charge in [0.05, 0.1) is 19.0 Å². The van der Waals surface area contributed by atoms with Crippen LogP contribution in [0.3, 0.4) is 0 Å². The van der Waals surface area contributed by atoms with E-state index < -0.39 is 6.72 Å². The molecular formula is C11H16N5O4PS. The summed E-state index contributed by atoms with van der Waals surface area (Å²) in [6.07, 6.45) is 3.13. The van der Waals surface area contributed by atoms with Crippen LogP contribution in [-0.2, 0) is 21.1 Å². The summed E-state index contributed by atoms with van der Waals surface area (Å²) in [5.41, 5.74) is 6.89. The monoisotopic (exact) mass is 345 g/mol. The van der Waals surface area contributed by atoms with Crippen LogP contribution >= 0.6 is 6.72 Å². The van der Waals surface area contributed by atoms with E-state index in [0.717, 1.165) is 0 Å². The van der Waals surface area contributed by atoms with Gasteiger partial charge in [0, 0.05) is 0 Å². The van der Waals surface area contributed by atoms with Crippen molar-refractivity contribution in [3.05, 3.63) is 12.7 Å². The Morgan fingerprint density at radius 3 is 3.00 bits per heavy atom. The first kappa shape index (κ1) is 15.7. The van der Waals surface area contributed by atoms with Gasteiger partial charge in [-0.25, -0.2) is 15.0 Å². The molecule has 0 radical (unpaired) electrons. The summed E-state index contributed by atoms with van der Waals surface area (Å²) >= 11 is 4.44. The molecule has 1 aliphatic rings. The average molecular weight is 345 g/mol. The lowest BCUT2D eigenvalue weighted by atomic mass is 10.0. The zero-order valence-corrected chi connectivity index (χ0v) is 13.4. The molecule has 1 fully saturated rings. The molecular weight excluding hydrogens is 329 g/mol. The molecule has 0 aliphatic carbocycles. The minimum absolute atomic E-state index is 0.0334. The predicted molar refractivity (Wildman–Crippen MR) is 82.1 cm³/mol. The molecule has 11 heteroatoms. The van der Waals surface area contributed by atoms with Crippen LogP contribution in [0, 0.1) is 5.92 Å². The Hall–Kier alpha value is -1.16. The summed E-state index contributed by atoms with van der Waals surface area (Å²) in [6.45, 7) is -1.64. The molecule has 0 aromatic carbocycles. The van der Waals surface area contributed by atoms with E-state index in [1.54, 1.807) is 10.9 Å². The van der Waals surface area contributed by atoms with E-state index >= 15 is 0 Å². The van der Waals surface area contributed by atoms with Crippen molar-refractivity contribution in [1.82, 2.24) is 19.5 Å². The van der Waals surface area contributed by atoms with Crippen molar-refractivity contribution in [2.24, 2.45) is 5.92 Å². The second-order valence-electron chi connectivity index (χ2n) is 5.21. The summed E-state index contributed by atoms with van der Waals surface area (Å²) in [6, 6.07) is 0. The number of anilines is 1. The number of hydrogen-bond donors (Lipinski definition) is 3. The lowest BCUT2D eigenvalue weighted by Crippen LogP contribution is -2.20. The molecule has 1 unspecified atom stereocenters. The maximum Gasteiger partial charge on any atom is 0.321 e. The first-order chi connectivity index (χ1) is 10.3. The molecule has 22 heavy (non-hydrogen) atoms. The summed E-state index contributed by atoms with van der Waals surface area (Å²) < 4.78 is 12.6. The van der Waals surface area contributed by atoms with Crippen molar-refractivity contribution < 1.29 is 19.0 Å². The van der Waals surface area contributed by atoms with Gasteiger partial charge in [0.15, 0.2) is 11.5 Å². The number of aromatic nitrogens is 4. The smallest absolute Gasteiger partial charge is 0.321 e. The highest BCUT2D eigenvalue weighted by atomic mass is 32.5. The van der Waals surface area contributed by atoms with Gasteiger partial charge in [0.25, 0.3) is 0 Å². The predicted octanol–water partition coefficient (Wildman–Crippen LogP) is 0.558. The fourth-order valence-electron chi connectivity index (χ4n) is 2.50. The minimum atomic E-state index is -3.67. The lowest BCUT2D eigenvalue weighted by Gasteiger charge is -2.17. The van der Waals surface area contributed by atoms with E-state index in [1.807, 2.05) is 6.92 Å². The Bertz CT molecular complexity index is 734. The van der Waals surface area contributed by atoms with Crippen LogP contribution in [0.15, 0.2) is 12.7 Å². The zero-order valence-electron chi connectivity index (χ0n) is 11.7. The number of nitrogens with zero attached hydrogens (tertiary/aromatic N) is 4. The lowest BCUT2D eigenvalue weighted by molar-refractivity contribution is -0.0246. The normalized spacial score (nSPS) is 25.9. The summed E-state index contributed by atoms with van der Waals surface area (Å²) in [5, 5.41) is 0. The molecule has 0 amide bonds. The van der Waals surface area contributed by atoms with Crippen LogP contribution in [0.5, 0.6) is 0 Å². The molecule has 4 N–H and O–H groups in total. The maximum atomic E-state index is 9.14. The van der Waals surface area contributed by atoms with Crippen LogP contribution in [0.4, 0.5) is 5.82 Å². The molecule has 3 atom stereocenters. The van der Waals surface area contributed by atoms with E-state index in [0.29, 0.717) is 23.4 Å². The van der Waals surface area contributed by atoms with Gasteiger partial charge in [-0.05, 0) is 24.1 Å². The highest BCUT2D eigenvalue weighted by Gasteiger charge is 2.35. The van der Waals surface area contributed by atoms with Crippen molar-refractivity contribution >= 4 is 35.5 Å². The molecule has 1 saturated heterocycles. The zero-order chi connectivity index (χ0) is 15.9. The van der Waals surface area contributed by atoms with Gasteiger partial charge in [0.1, 0.15) is 18.1 Å². The Morgan fingerprint density at radius 2 is 2.27 bits per heavy atom. The van der Waals surface area contributed by atoms with Crippen LogP contribution in [0.1, 0.15) is 19.6 Å². The standard InChI is InChI=1S/C11H16N5O4PS/c1-6-2-8(20-7(6)3-19-21(17,18)22)16-5-15-9-10(12)13-4-14-11(9)16/h4-8H,2-3H2,1H3,(H2,12,13,14)(H2,17,18,22)/t6?,7-,8-/m1/s1. The molecule has 0 bridgehead atoms. The molecule has 2 aromatic heterocycles. The number of hydrogen-bond acceptors (Lipinski definition) is 7. The molecule has 0 saturated carbocycles. The fourth-order valence-corrected chi connectivity index (χ4v) is 3.02. The number of rotatable bonds is 4. The largest absolute Gasteiger partial charge is 0.382 e. The van der Waals surface area contributed by atoms with Gasteiger partial charge < -0.3 is 24.8 Å². The van der Waals surface area contributed by atoms with Crippen molar-refractivity contribution in [2.75, 3.05) is 12.3 Å². The minimum Gasteiger partial charge on any atom is -0.382 e. The highest BCUT2D eigenvalue weighted by molar-refractivity contribution is 8.06. The topological polar surface area (TPSA) is 129 Å². The van der Waals surface area contributed by atoms with Crippen molar-refractivity contribution in [2.45, 2.75) is 25.7 Å². The Morgan fingerprint density at radius 1 is 1.50 bits per heavy atom. The summed E-state index contributed by atoms with van der Waals surface area (Å²) in [7, 11) is 0. The van der Waals surface area contributed by atoms with Gasteiger partial charge >= 0.3 is 6.72 Å². The average Bonchev–Trinajstić information content (AvgIpc) is 3.00. The van der Waals surface area contributed by atoms with Gasteiger partial charge in [-0.2, -0.15) is 0 Å². The van der Waals surface area contributed by atoms with Crippen molar-refractivity contribution in [3.8, 4) is 0 Å². The molecule has 9 nitrogen and oxygen atoms in total. The third-order valence-corrected chi connectivity index (χ3v) is 4.45. The van der Waals surface area contributed by atoms with Crippen LogP contribution < -0.4 is 5.73 Å². The van der Waals surface area contributed by atoms with E-state index in [9.17, 15) is 0 Å². The van der Waals surface area contributed by atoms with Gasteiger partial charge in [0.2, 0.25) is 0 Å². The molecule has 0 spiro atoms. The quantitative estimate of drug-likeness (QED) is 0.681. The number of nitrogen functional groups attached to an aromatic ring is 1. The highest BCUT2D eigenvalue weighted by Crippen LogP contribution is 2.40. The SMILES string of the molecule is CC1C[C@H](n2cnc3c(N)ncnc32)O[C@@H]1COP(O)(O)=S. The first-order valence-corrected chi connectivity index (χ1v) is 9.26. The second-order valence-corrected chi connectivity index (χ2v) is 7.88. The molecule has 2 aromatic rings. The maximum absolute atomic E-state index is 9.14. The Labute approximate surface area is 131 Å². The number of ether oxygens (including phenoxy) is 1. The number of fused-ring (bicyclic) bond motifs is 1. The molecule has 3 heterocycles. The van der Waals surface area contributed by atoms with Crippen LogP contribution in [-0.4, -0.2) is 42.0 Å². The third-order valence-electron chi connectivity index (χ3n) is 3.64. The van der Waals surface area contributed by atoms with E-state index in [1.165, 1.54) is 6.33 Å². The van der Waals surface area contributed by atoms with Crippen molar-refractivity contribution in [1.29, 1.82) is 0 Å². The Balaban J connectivity index is 1.78. The van der Waals surface area contributed by atoms with Crippen molar-refractivity contribution in [3.63, 3.8) is 0 Å². The van der Waals surface area contributed by atoms with E-state index in [2.05, 4.69) is 26.8 Å². The van der Waals surface area contributed by atoms with Crippen LogP contribution in [0.2, 0.25) is 0 Å². The first-order valence-electron chi connectivity index (χ1n) is 6.63. The van der Waals surface area contributed by atoms with Crippen LogP contribution in [0.25, 0.3) is 11.2 Å². The fraction of sp³-hybridized carbons (Fsp3) is 0.545. The molecule has 120 valence electrons. The molecule has 1 aliphatic heterocycles. The van der Waals surface area contributed by atoms with Gasteiger partial charge in [-0.1, -0.05) is 6.92 Å². The Kier molecular flexibility index (Phi) is 4.15. The number of imidazole rings is 1. The van der Waals surface area contributed by atoms with E-state index in [-0.39, 0.29) is 24.9 Å². The summed E-state index contributed by atoms with van der Waals surface area (Å²) in [5.74, 6) is 0.471. The van der Waals surface area contributed by atoms with E-state index in [4.69, 9.17) is 24.8 Å². The molecule has 3 rings (SSSR count).